The summed E-state index contributed by atoms with van der Waals surface area (Å²) in [6.45, 7) is 4.40. The van der Waals surface area contributed by atoms with E-state index in [1.54, 1.807) is 11.1 Å². The number of halogens is 1. The maximum atomic E-state index is 12.1. The van der Waals surface area contributed by atoms with Crippen LogP contribution in [0.5, 0.6) is 0 Å². The van der Waals surface area contributed by atoms with Crippen LogP contribution in [0.4, 0.5) is 5.82 Å². The van der Waals surface area contributed by atoms with Gasteiger partial charge in [-0.15, -0.1) is 6.58 Å². The molecule has 20 heavy (non-hydrogen) atoms. The number of H-pyrrole nitrogens is 1. The van der Waals surface area contributed by atoms with Crippen molar-refractivity contribution in [3.8, 4) is 11.1 Å². The van der Waals surface area contributed by atoms with Crippen molar-refractivity contribution in [2.45, 2.75) is 6.42 Å². The molecule has 1 saturated heterocycles. The zero-order valence-corrected chi connectivity index (χ0v) is 11.6. The molecule has 2 heterocycles. The molecule has 1 aromatic heterocycles. The van der Waals surface area contributed by atoms with Gasteiger partial charge in [0.2, 0.25) is 5.91 Å². The van der Waals surface area contributed by atoms with Crippen molar-refractivity contribution in [1.82, 2.24) is 10.2 Å². The van der Waals surface area contributed by atoms with Crippen LogP contribution in [0.2, 0.25) is 5.02 Å². The number of carbonyl (C=O) groups excluding carboxylic acids is 1. The molecule has 1 N–H and O–H groups in total. The second-order valence-corrected chi connectivity index (χ2v) is 5.28. The lowest BCUT2D eigenvalue weighted by molar-refractivity contribution is -0.117. The summed E-state index contributed by atoms with van der Waals surface area (Å²) >= 11 is 6.02. The number of benzene rings is 1. The van der Waals surface area contributed by atoms with Crippen molar-refractivity contribution in [1.29, 1.82) is 0 Å². The number of aromatic amines is 1. The van der Waals surface area contributed by atoms with Crippen molar-refractivity contribution >= 4 is 23.3 Å². The molecule has 0 bridgehead atoms. The van der Waals surface area contributed by atoms with Gasteiger partial charge >= 0.3 is 0 Å². The first-order valence-electron chi connectivity index (χ1n) is 6.41. The van der Waals surface area contributed by atoms with Crippen molar-refractivity contribution in [3.05, 3.63) is 48.1 Å². The zero-order valence-electron chi connectivity index (χ0n) is 10.8. The molecule has 1 atom stereocenters. The van der Waals surface area contributed by atoms with E-state index in [1.807, 2.05) is 30.3 Å². The van der Waals surface area contributed by atoms with Crippen LogP contribution in [-0.4, -0.2) is 22.6 Å². The third-order valence-corrected chi connectivity index (χ3v) is 3.75. The summed E-state index contributed by atoms with van der Waals surface area (Å²) in [4.78, 5) is 13.8. The first-order chi connectivity index (χ1) is 9.69. The van der Waals surface area contributed by atoms with Gasteiger partial charge in [0.25, 0.3) is 0 Å². The lowest BCUT2D eigenvalue weighted by atomic mass is 10.1. The summed E-state index contributed by atoms with van der Waals surface area (Å²) in [6.07, 6.45) is 4.04. The Labute approximate surface area is 122 Å². The second kappa shape index (κ2) is 5.13. The fourth-order valence-electron chi connectivity index (χ4n) is 2.46. The van der Waals surface area contributed by atoms with E-state index in [0.29, 0.717) is 18.0 Å². The molecule has 1 unspecified atom stereocenters. The van der Waals surface area contributed by atoms with Crippen molar-refractivity contribution in [2.75, 3.05) is 11.4 Å². The van der Waals surface area contributed by atoms with E-state index < -0.39 is 0 Å². The average Bonchev–Trinajstić information content (AvgIpc) is 3.04. The van der Waals surface area contributed by atoms with Crippen LogP contribution in [0.15, 0.2) is 43.1 Å². The third kappa shape index (κ3) is 2.23. The van der Waals surface area contributed by atoms with E-state index >= 15 is 0 Å². The molecular formula is C15H14ClN3O. The molecule has 1 aliphatic heterocycles. The standard InChI is InChI=1S/C15H14ClN3O/c1-2-10-6-14(20)19(9-10)15-13(8-17-18-15)11-4-3-5-12(16)7-11/h2-5,7-8,10H,1,6,9H2,(H,17,18). The van der Waals surface area contributed by atoms with Gasteiger partial charge in [0, 0.05) is 29.5 Å². The lowest BCUT2D eigenvalue weighted by Crippen LogP contribution is -2.25. The number of aromatic nitrogens is 2. The number of hydrogen-bond acceptors (Lipinski definition) is 2. The molecule has 0 aliphatic carbocycles. The quantitative estimate of drug-likeness (QED) is 0.881. The van der Waals surface area contributed by atoms with Gasteiger partial charge in [-0.05, 0) is 17.7 Å². The Balaban J connectivity index is 1.99. The Kier molecular flexibility index (Phi) is 3.32. The highest BCUT2D eigenvalue weighted by molar-refractivity contribution is 6.30. The van der Waals surface area contributed by atoms with Gasteiger partial charge in [0.1, 0.15) is 5.82 Å². The minimum Gasteiger partial charge on any atom is -0.296 e. The first-order valence-corrected chi connectivity index (χ1v) is 6.79. The van der Waals surface area contributed by atoms with Crippen LogP contribution >= 0.6 is 11.6 Å². The van der Waals surface area contributed by atoms with E-state index in [0.717, 1.165) is 16.9 Å². The Morgan fingerprint density at radius 1 is 1.50 bits per heavy atom. The molecule has 3 rings (SSSR count). The van der Waals surface area contributed by atoms with Crippen LogP contribution in [-0.2, 0) is 4.79 Å². The fourth-order valence-corrected chi connectivity index (χ4v) is 2.65. The van der Waals surface area contributed by atoms with Crippen molar-refractivity contribution in [3.63, 3.8) is 0 Å². The first kappa shape index (κ1) is 12.9. The Morgan fingerprint density at radius 2 is 2.35 bits per heavy atom. The van der Waals surface area contributed by atoms with Gasteiger partial charge in [-0.1, -0.05) is 29.8 Å². The monoisotopic (exact) mass is 287 g/mol. The fraction of sp³-hybridized carbons (Fsp3) is 0.200. The maximum Gasteiger partial charge on any atom is 0.228 e. The summed E-state index contributed by atoms with van der Waals surface area (Å²) < 4.78 is 0. The predicted molar refractivity (Wildman–Crippen MR) is 79.7 cm³/mol. The van der Waals surface area contributed by atoms with Crippen LogP contribution in [0.25, 0.3) is 11.1 Å². The van der Waals surface area contributed by atoms with Crippen LogP contribution in [0.3, 0.4) is 0 Å². The minimum absolute atomic E-state index is 0.0856. The van der Waals surface area contributed by atoms with Gasteiger partial charge < -0.3 is 0 Å². The Hall–Kier alpha value is -2.07. The van der Waals surface area contributed by atoms with E-state index in [9.17, 15) is 4.79 Å². The molecule has 1 amide bonds. The molecular weight excluding hydrogens is 274 g/mol. The topological polar surface area (TPSA) is 49.0 Å². The number of rotatable bonds is 3. The SMILES string of the molecule is C=CC1CC(=O)N(c2[nH]ncc2-c2cccc(Cl)c2)C1. The predicted octanol–water partition coefficient (Wildman–Crippen LogP) is 3.27. The van der Waals surface area contributed by atoms with Gasteiger partial charge in [-0.2, -0.15) is 5.10 Å². The highest BCUT2D eigenvalue weighted by atomic mass is 35.5. The molecule has 1 aliphatic rings. The highest BCUT2D eigenvalue weighted by Gasteiger charge is 2.31. The summed E-state index contributed by atoms with van der Waals surface area (Å²) in [7, 11) is 0. The van der Waals surface area contributed by atoms with Gasteiger partial charge in [-0.3, -0.25) is 14.8 Å². The summed E-state index contributed by atoms with van der Waals surface area (Å²) in [5, 5.41) is 7.65. The molecule has 1 aromatic carbocycles. The van der Waals surface area contributed by atoms with Gasteiger partial charge in [0.05, 0.1) is 6.20 Å². The number of carbonyl (C=O) groups is 1. The normalized spacial score (nSPS) is 18.6. The van der Waals surface area contributed by atoms with E-state index in [-0.39, 0.29) is 11.8 Å². The van der Waals surface area contributed by atoms with Crippen LogP contribution < -0.4 is 4.90 Å². The third-order valence-electron chi connectivity index (χ3n) is 3.51. The number of nitrogens with one attached hydrogen (secondary N) is 1. The number of hydrogen-bond donors (Lipinski definition) is 1. The Morgan fingerprint density at radius 3 is 3.05 bits per heavy atom. The Bertz CT molecular complexity index is 665. The van der Waals surface area contributed by atoms with Crippen molar-refractivity contribution < 1.29 is 4.79 Å². The zero-order chi connectivity index (χ0) is 14.1. The second-order valence-electron chi connectivity index (χ2n) is 4.85. The molecule has 4 nitrogen and oxygen atoms in total. The largest absolute Gasteiger partial charge is 0.296 e. The molecule has 0 radical (unpaired) electrons. The summed E-state index contributed by atoms with van der Waals surface area (Å²) in [6, 6.07) is 7.51. The number of nitrogens with zero attached hydrogens (tertiary/aromatic N) is 2. The van der Waals surface area contributed by atoms with Crippen molar-refractivity contribution in [2.24, 2.45) is 5.92 Å². The number of amides is 1. The smallest absolute Gasteiger partial charge is 0.228 e. The van der Waals surface area contributed by atoms with E-state index in [2.05, 4.69) is 16.8 Å². The minimum atomic E-state index is 0.0856. The molecule has 0 saturated carbocycles. The summed E-state index contributed by atoms with van der Waals surface area (Å²) in [5.74, 6) is 1.00. The molecule has 5 heteroatoms. The molecule has 0 spiro atoms. The van der Waals surface area contributed by atoms with Crippen LogP contribution in [0, 0.1) is 5.92 Å². The lowest BCUT2D eigenvalue weighted by Gasteiger charge is -2.16. The maximum absolute atomic E-state index is 12.1. The molecule has 2 aromatic rings. The molecule has 1 fully saturated rings. The average molecular weight is 288 g/mol. The van der Waals surface area contributed by atoms with Gasteiger partial charge in [0.15, 0.2) is 0 Å². The highest BCUT2D eigenvalue weighted by Crippen LogP contribution is 2.33. The molecule has 102 valence electrons. The van der Waals surface area contributed by atoms with Gasteiger partial charge in [-0.25, -0.2) is 0 Å². The number of anilines is 1. The van der Waals surface area contributed by atoms with E-state index in [4.69, 9.17) is 11.6 Å². The van der Waals surface area contributed by atoms with Crippen LogP contribution in [0.1, 0.15) is 6.42 Å². The van der Waals surface area contributed by atoms with E-state index in [1.165, 1.54) is 0 Å². The summed E-state index contributed by atoms with van der Waals surface area (Å²) in [5.41, 5.74) is 1.82.